The molecule has 0 rings (SSSR count). The van der Waals surface area contributed by atoms with Crippen molar-refractivity contribution in [2.75, 3.05) is 0 Å². The molecule has 0 unspecified atom stereocenters. The van der Waals surface area contributed by atoms with E-state index in [0.717, 1.165) is 0 Å². The summed E-state index contributed by atoms with van der Waals surface area (Å²) in [4.78, 5) is 12.1. The summed E-state index contributed by atoms with van der Waals surface area (Å²) in [6.45, 7) is 5.17. The maximum absolute atomic E-state index is 4.88. The molecule has 0 aliphatic carbocycles. The second-order valence-corrected chi connectivity index (χ2v) is 2.98. The van der Waals surface area contributed by atoms with Crippen molar-refractivity contribution in [1.29, 1.82) is 0 Å². The van der Waals surface area contributed by atoms with Crippen LogP contribution in [-0.2, 0) is 14.8 Å². The lowest BCUT2D eigenvalue weighted by molar-refractivity contribution is -1.40. The van der Waals surface area contributed by atoms with Gasteiger partial charge in [0.2, 0.25) is 0 Å². The van der Waals surface area contributed by atoms with Crippen molar-refractivity contribution < 1.29 is 19.8 Å². The zero-order valence-corrected chi connectivity index (χ0v) is 6.90. The Morgan fingerprint density at radius 1 is 0.909 bits per heavy atom. The molecule has 0 aliphatic rings. The molecule has 0 amide bonds. The van der Waals surface area contributed by atoms with Crippen molar-refractivity contribution >= 4 is 0 Å². The van der Waals surface area contributed by atoms with Gasteiger partial charge in [0, 0.05) is 0 Å². The molecule has 11 heavy (non-hydrogen) atoms. The van der Waals surface area contributed by atoms with Gasteiger partial charge in [-0.3, -0.25) is 0 Å². The van der Waals surface area contributed by atoms with E-state index in [1.807, 2.05) is 0 Å². The van der Waals surface area contributed by atoms with Crippen LogP contribution < -0.4 is 17.7 Å². The van der Waals surface area contributed by atoms with E-state index in [9.17, 15) is 0 Å². The summed E-state index contributed by atoms with van der Waals surface area (Å²) in [5.74, 6) is 14.6. The van der Waals surface area contributed by atoms with Crippen molar-refractivity contribution in [3.63, 3.8) is 0 Å². The molecule has 0 atom stereocenters. The molecule has 0 aromatic carbocycles. The van der Waals surface area contributed by atoms with Gasteiger partial charge in [0.05, 0.1) is 0 Å². The minimum absolute atomic E-state index is 0.641. The fourth-order valence-electron chi connectivity index (χ4n) is 0.549. The van der Waals surface area contributed by atoms with Crippen LogP contribution in [0.4, 0.5) is 0 Å². The molecule has 0 radical (unpaired) electrons. The Hall–Kier alpha value is -0.280. The van der Waals surface area contributed by atoms with E-state index in [2.05, 4.69) is 14.8 Å². The topological polar surface area (TPSA) is 106 Å². The summed E-state index contributed by atoms with van der Waals surface area (Å²) in [5, 5.41) is 0. The fourth-order valence-corrected chi connectivity index (χ4v) is 0.549. The Morgan fingerprint density at radius 2 is 1.18 bits per heavy atom. The number of quaternary nitrogens is 1. The molecular formula is C4H15N4O3+. The van der Waals surface area contributed by atoms with Crippen molar-refractivity contribution in [3.05, 3.63) is 0 Å². The van der Waals surface area contributed by atoms with E-state index in [0.29, 0.717) is 0 Å². The van der Waals surface area contributed by atoms with Gasteiger partial charge in [-0.25, -0.2) is 0 Å². The highest BCUT2D eigenvalue weighted by molar-refractivity contribution is 4.53. The Balaban J connectivity index is 4.54. The molecule has 0 aromatic heterocycles. The Kier molecular flexibility index (Phi) is 3.32. The average molecular weight is 167 g/mol. The van der Waals surface area contributed by atoms with Gasteiger partial charge in [0.15, 0.2) is 10.5 Å². The highest BCUT2D eigenvalue weighted by Gasteiger charge is 2.49. The number of hydroxylamine groups is 3. The van der Waals surface area contributed by atoms with Crippen molar-refractivity contribution in [1.82, 2.24) is 0 Å². The van der Waals surface area contributed by atoms with Crippen LogP contribution in [0.3, 0.4) is 0 Å². The first kappa shape index (κ1) is 10.7. The van der Waals surface area contributed by atoms with Crippen LogP contribution in [0, 0.1) is 0 Å². The third-order valence-electron chi connectivity index (χ3n) is 1.24. The Morgan fingerprint density at radius 3 is 1.18 bits per heavy atom. The highest BCUT2D eigenvalue weighted by Crippen LogP contribution is 2.22. The summed E-state index contributed by atoms with van der Waals surface area (Å²) in [5.41, 5.74) is -0.641. The molecule has 7 heteroatoms. The summed E-state index contributed by atoms with van der Waals surface area (Å²) < 4.78 is 0. The van der Waals surface area contributed by atoms with Crippen molar-refractivity contribution in [2.45, 2.75) is 26.3 Å². The number of nitrogens with two attached hydrogens (primary N) is 3. The largest absolute Gasteiger partial charge is 0.195 e. The monoisotopic (exact) mass is 167 g/mol. The molecule has 0 aliphatic heterocycles. The van der Waals surface area contributed by atoms with E-state index >= 15 is 0 Å². The first-order chi connectivity index (χ1) is 4.93. The van der Waals surface area contributed by atoms with Gasteiger partial charge in [-0.1, -0.05) is 0 Å². The number of hydrogen-bond donors (Lipinski definition) is 3. The van der Waals surface area contributed by atoms with Crippen LogP contribution in [0.5, 0.6) is 0 Å². The lowest BCUT2D eigenvalue weighted by Gasteiger charge is -2.31. The smallest absolute Gasteiger partial charge is 0.153 e. The van der Waals surface area contributed by atoms with Crippen LogP contribution in [0.15, 0.2) is 0 Å². The van der Waals surface area contributed by atoms with Gasteiger partial charge in [0.1, 0.15) is 0 Å². The molecule has 0 aromatic rings. The molecule has 0 saturated carbocycles. The van der Waals surface area contributed by atoms with E-state index < -0.39 is 10.5 Å². The second kappa shape index (κ2) is 3.41. The molecule has 0 spiro atoms. The van der Waals surface area contributed by atoms with Crippen LogP contribution >= 0.6 is 0 Å². The Bertz CT molecular complexity index is 111. The fraction of sp³-hybridized carbons (Fsp3) is 1.00. The first-order valence-corrected chi connectivity index (χ1v) is 2.98. The molecule has 7 nitrogen and oxygen atoms in total. The summed E-state index contributed by atoms with van der Waals surface area (Å²) >= 11 is 0. The van der Waals surface area contributed by atoms with Gasteiger partial charge >= 0.3 is 0 Å². The highest BCUT2D eigenvalue weighted by atomic mass is 17.3. The number of nitrogens with zero attached hydrogens (tertiary/aromatic N) is 1. The van der Waals surface area contributed by atoms with Crippen molar-refractivity contribution in [2.24, 2.45) is 17.7 Å². The van der Waals surface area contributed by atoms with Crippen molar-refractivity contribution in [3.8, 4) is 0 Å². The summed E-state index contributed by atoms with van der Waals surface area (Å²) in [7, 11) is 0. The molecular weight excluding hydrogens is 152 g/mol. The lowest BCUT2D eigenvalue weighted by atomic mass is 10.1. The maximum atomic E-state index is 4.88. The minimum atomic E-state index is -0.938. The van der Waals surface area contributed by atoms with E-state index in [-0.39, 0.29) is 0 Å². The van der Waals surface area contributed by atoms with Crippen LogP contribution in [0.1, 0.15) is 20.8 Å². The van der Waals surface area contributed by atoms with E-state index in [1.165, 1.54) is 0 Å². The first-order valence-electron chi connectivity index (χ1n) is 2.98. The predicted octanol–water partition coefficient (Wildman–Crippen LogP) is -0.982. The third kappa shape index (κ3) is 1.84. The van der Waals surface area contributed by atoms with Gasteiger partial charge in [-0.2, -0.15) is 17.7 Å². The molecule has 0 saturated heterocycles. The molecule has 0 fully saturated rings. The van der Waals surface area contributed by atoms with E-state index in [1.54, 1.807) is 20.8 Å². The maximum Gasteiger partial charge on any atom is 0.195 e. The predicted molar refractivity (Wildman–Crippen MR) is 35.8 cm³/mol. The van der Waals surface area contributed by atoms with Gasteiger partial charge < -0.3 is 0 Å². The normalized spacial score (nSPS) is 13.6. The quantitative estimate of drug-likeness (QED) is 0.368. The van der Waals surface area contributed by atoms with Gasteiger partial charge in [-0.05, 0) is 35.6 Å². The summed E-state index contributed by atoms with van der Waals surface area (Å²) in [6, 6.07) is 0. The molecule has 6 N–H and O–H groups in total. The van der Waals surface area contributed by atoms with Gasteiger partial charge in [0.25, 0.3) is 0 Å². The molecule has 0 bridgehead atoms. The zero-order chi connectivity index (χ0) is 9.12. The zero-order valence-electron chi connectivity index (χ0n) is 6.90. The molecule has 68 valence electrons. The number of rotatable bonds is 3. The van der Waals surface area contributed by atoms with Crippen LogP contribution in [-0.4, -0.2) is 10.5 Å². The van der Waals surface area contributed by atoms with Gasteiger partial charge in [-0.15, -0.1) is 0 Å². The van der Waals surface area contributed by atoms with Crippen LogP contribution in [0.25, 0.3) is 0 Å². The van der Waals surface area contributed by atoms with E-state index in [4.69, 9.17) is 17.7 Å². The number of hydrogen-bond acceptors (Lipinski definition) is 6. The summed E-state index contributed by atoms with van der Waals surface area (Å²) in [6.07, 6.45) is 0. The standard InChI is InChI=1S/C4H15N4O3/c1-4(2,3)8(9-5,10-6)11-7/h5-7H2,1-3H3/q+1. The third-order valence-corrected chi connectivity index (χ3v) is 1.24. The Labute approximate surface area is 64.9 Å². The average Bonchev–Trinajstić information content (AvgIpc) is 1.90. The van der Waals surface area contributed by atoms with Crippen LogP contribution in [0.2, 0.25) is 0 Å². The second-order valence-electron chi connectivity index (χ2n) is 2.98. The minimum Gasteiger partial charge on any atom is -0.153 e. The lowest BCUT2D eigenvalue weighted by Crippen LogP contribution is -2.63. The molecule has 0 heterocycles. The SMILES string of the molecule is CC(C)(C)[N+](ON)(ON)ON.